The normalized spacial score (nSPS) is 16.0. The molecule has 5 nitrogen and oxygen atoms in total. The maximum atomic E-state index is 11.6. The van der Waals surface area contributed by atoms with Crippen molar-refractivity contribution in [2.75, 3.05) is 31.6 Å². The molecule has 0 aliphatic carbocycles. The van der Waals surface area contributed by atoms with E-state index in [-0.39, 0.29) is 11.5 Å². The lowest BCUT2D eigenvalue weighted by atomic mass is 10.2. The predicted molar refractivity (Wildman–Crippen MR) is 71.0 cm³/mol. The molecule has 2 rings (SSSR count). The van der Waals surface area contributed by atoms with Crippen molar-refractivity contribution in [1.82, 2.24) is 4.90 Å². The Labute approximate surface area is 113 Å². The van der Waals surface area contributed by atoms with Crippen molar-refractivity contribution in [2.24, 2.45) is 0 Å². The van der Waals surface area contributed by atoms with Crippen LogP contribution in [0.3, 0.4) is 0 Å². The van der Waals surface area contributed by atoms with Gasteiger partial charge in [0.25, 0.3) is 0 Å². The number of halogens is 1. The number of carboxylic acid groups (broad SMARTS) is 1. The van der Waals surface area contributed by atoms with Gasteiger partial charge in [0.05, 0.1) is 17.8 Å². The monoisotopic (exact) mass is 312 g/mol. The average molecular weight is 313 g/mol. The van der Waals surface area contributed by atoms with Crippen molar-refractivity contribution in [3.8, 4) is 0 Å². The summed E-state index contributed by atoms with van der Waals surface area (Å²) in [5.74, 6) is -0.896. The molecule has 1 saturated heterocycles. The van der Waals surface area contributed by atoms with E-state index in [0.29, 0.717) is 17.6 Å². The summed E-state index contributed by atoms with van der Waals surface area (Å²) in [6, 6.07) is 4.83. The van der Waals surface area contributed by atoms with Crippen LogP contribution in [-0.4, -0.2) is 48.6 Å². The van der Waals surface area contributed by atoms with E-state index < -0.39 is 5.97 Å². The Morgan fingerprint density at radius 2 is 2.11 bits per heavy atom. The number of hydrogen-bond acceptors (Lipinski definition) is 3. The fourth-order valence-corrected chi connectivity index (χ4v) is 2.49. The zero-order chi connectivity index (χ0) is 13.3. The van der Waals surface area contributed by atoms with E-state index in [9.17, 15) is 9.59 Å². The van der Waals surface area contributed by atoms with Crippen LogP contribution in [0, 0.1) is 0 Å². The van der Waals surface area contributed by atoms with Crippen molar-refractivity contribution in [3.05, 3.63) is 28.2 Å². The van der Waals surface area contributed by atoms with Crippen LogP contribution in [0.25, 0.3) is 0 Å². The van der Waals surface area contributed by atoms with Gasteiger partial charge in [-0.2, -0.15) is 0 Å². The van der Waals surface area contributed by atoms with Crippen molar-refractivity contribution in [1.29, 1.82) is 0 Å². The van der Waals surface area contributed by atoms with Crippen molar-refractivity contribution >= 4 is 33.5 Å². The number of nitrogens with zero attached hydrogens (tertiary/aromatic N) is 2. The second-order valence-corrected chi connectivity index (χ2v) is 5.06. The van der Waals surface area contributed by atoms with E-state index in [0.717, 1.165) is 12.2 Å². The summed E-state index contributed by atoms with van der Waals surface area (Å²) in [5.41, 5.74) is 1.08. The summed E-state index contributed by atoms with van der Waals surface area (Å²) in [6.07, 6.45) is 0. The van der Waals surface area contributed by atoms with Crippen LogP contribution in [0.4, 0.5) is 5.69 Å². The second-order valence-electron chi connectivity index (χ2n) is 4.21. The molecule has 1 N–H and O–H groups in total. The molecule has 1 fully saturated rings. The summed E-state index contributed by atoms with van der Waals surface area (Å²) in [7, 11) is 1.78. The molecule has 1 heterocycles. The van der Waals surface area contributed by atoms with E-state index >= 15 is 0 Å². The summed E-state index contributed by atoms with van der Waals surface area (Å²) < 4.78 is 0.694. The first kappa shape index (κ1) is 12.9. The van der Waals surface area contributed by atoms with E-state index in [1.54, 1.807) is 30.1 Å². The van der Waals surface area contributed by atoms with Gasteiger partial charge < -0.3 is 14.9 Å². The van der Waals surface area contributed by atoms with Gasteiger partial charge in [0.15, 0.2) is 0 Å². The fraction of sp³-hybridized carbons (Fsp3) is 0.333. The molecule has 0 spiro atoms. The highest BCUT2D eigenvalue weighted by Gasteiger charge is 2.22. The Balaban J connectivity index is 2.24. The van der Waals surface area contributed by atoms with Gasteiger partial charge in [0.1, 0.15) is 0 Å². The number of anilines is 1. The van der Waals surface area contributed by atoms with Crippen LogP contribution in [0.15, 0.2) is 22.7 Å². The van der Waals surface area contributed by atoms with Gasteiger partial charge in [-0.05, 0) is 34.1 Å². The third-order valence-electron chi connectivity index (χ3n) is 2.99. The topological polar surface area (TPSA) is 60.9 Å². The number of aromatic carboxylic acids is 1. The van der Waals surface area contributed by atoms with Crippen LogP contribution in [-0.2, 0) is 4.79 Å². The van der Waals surface area contributed by atoms with Crippen molar-refractivity contribution in [2.45, 2.75) is 0 Å². The lowest BCUT2D eigenvalue weighted by molar-refractivity contribution is -0.129. The van der Waals surface area contributed by atoms with Gasteiger partial charge in [-0.1, -0.05) is 0 Å². The minimum Gasteiger partial charge on any atom is -0.478 e. The predicted octanol–water partition coefficient (Wildman–Crippen LogP) is 1.43. The molecule has 0 atom stereocenters. The van der Waals surface area contributed by atoms with Crippen molar-refractivity contribution < 1.29 is 14.7 Å². The van der Waals surface area contributed by atoms with Gasteiger partial charge >= 0.3 is 5.97 Å². The number of piperazine rings is 1. The minimum atomic E-state index is -0.961. The number of likely N-dealkylation sites (N-methyl/N-ethyl adjacent to an activating group) is 1. The zero-order valence-corrected chi connectivity index (χ0v) is 11.5. The smallest absolute Gasteiger partial charge is 0.335 e. The molecule has 0 saturated carbocycles. The van der Waals surface area contributed by atoms with Gasteiger partial charge in [0.2, 0.25) is 5.91 Å². The Kier molecular flexibility index (Phi) is 3.56. The van der Waals surface area contributed by atoms with Gasteiger partial charge in [0, 0.05) is 24.6 Å². The summed E-state index contributed by atoms with van der Waals surface area (Å²) in [4.78, 5) is 26.1. The minimum absolute atomic E-state index is 0.0652. The van der Waals surface area contributed by atoms with Crippen LogP contribution in [0.1, 0.15) is 10.4 Å². The quantitative estimate of drug-likeness (QED) is 0.897. The van der Waals surface area contributed by atoms with Gasteiger partial charge in [-0.3, -0.25) is 4.79 Å². The Morgan fingerprint density at radius 3 is 2.67 bits per heavy atom. The standard InChI is InChI=1S/C12H13BrN2O3/c1-14-4-5-15(7-11(14)16)10-3-2-8(12(17)18)6-9(10)13/h2-3,6H,4-5,7H2,1H3,(H,17,18). The first-order valence-corrected chi connectivity index (χ1v) is 6.30. The number of carboxylic acids is 1. The highest BCUT2D eigenvalue weighted by atomic mass is 79.9. The molecule has 6 heteroatoms. The molecule has 1 amide bonds. The van der Waals surface area contributed by atoms with E-state index in [1.165, 1.54) is 0 Å². The third kappa shape index (κ3) is 2.48. The average Bonchev–Trinajstić information content (AvgIpc) is 2.32. The van der Waals surface area contributed by atoms with Crippen LogP contribution in [0.2, 0.25) is 0 Å². The summed E-state index contributed by atoms with van der Waals surface area (Å²) >= 11 is 3.36. The van der Waals surface area contributed by atoms with Gasteiger partial charge in [-0.15, -0.1) is 0 Å². The van der Waals surface area contributed by atoms with E-state index in [1.807, 2.05) is 4.90 Å². The molecular weight excluding hydrogens is 300 g/mol. The highest BCUT2D eigenvalue weighted by Crippen LogP contribution is 2.28. The molecule has 0 bridgehead atoms. The molecule has 0 aromatic heterocycles. The maximum absolute atomic E-state index is 11.6. The lowest BCUT2D eigenvalue weighted by Gasteiger charge is -2.34. The molecule has 0 radical (unpaired) electrons. The molecule has 1 aromatic rings. The summed E-state index contributed by atoms with van der Waals surface area (Å²) in [6.45, 7) is 1.74. The number of carbonyl (C=O) groups is 2. The molecule has 1 aromatic carbocycles. The Hall–Kier alpha value is -1.56. The molecule has 1 aliphatic rings. The SMILES string of the molecule is CN1CCN(c2ccc(C(=O)O)cc2Br)CC1=O. The molecule has 96 valence electrons. The number of benzene rings is 1. The number of rotatable bonds is 2. The molecule has 1 aliphatic heterocycles. The first-order chi connectivity index (χ1) is 8.49. The fourth-order valence-electron chi connectivity index (χ4n) is 1.86. The Bertz CT molecular complexity index is 504. The lowest BCUT2D eigenvalue weighted by Crippen LogP contribution is -2.48. The highest BCUT2D eigenvalue weighted by molar-refractivity contribution is 9.10. The van der Waals surface area contributed by atoms with Crippen LogP contribution < -0.4 is 4.90 Å². The van der Waals surface area contributed by atoms with E-state index in [2.05, 4.69) is 15.9 Å². The van der Waals surface area contributed by atoms with Crippen LogP contribution in [0.5, 0.6) is 0 Å². The first-order valence-electron chi connectivity index (χ1n) is 5.51. The molecule has 0 unspecified atom stereocenters. The van der Waals surface area contributed by atoms with Gasteiger partial charge in [-0.25, -0.2) is 4.79 Å². The number of hydrogen-bond donors (Lipinski definition) is 1. The summed E-state index contributed by atoms with van der Waals surface area (Å²) in [5, 5.41) is 8.89. The number of amides is 1. The number of carbonyl (C=O) groups excluding carboxylic acids is 1. The van der Waals surface area contributed by atoms with E-state index in [4.69, 9.17) is 5.11 Å². The Morgan fingerprint density at radius 1 is 1.39 bits per heavy atom. The maximum Gasteiger partial charge on any atom is 0.335 e. The van der Waals surface area contributed by atoms with Crippen LogP contribution >= 0.6 is 15.9 Å². The second kappa shape index (κ2) is 4.97. The third-order valence-corrected chi connectivity index (χ3v) is 3.63. The van der Waals surface area contributed by atoms with Crippen molar-refractivity contribution in [3.63, 3.8) is 0 Å². The largest absolute Gasteiger partial charge is 0.478 e. The molecular formula is C12H13BrN2O3. The zero-order valence-electron chi connectivity index (χ0n) is 9.89. The molecule has 18 heavy (non-hydrogen) atoms.